The zero-order valence-electron chi connectivity index (χ0n) is 41.2. The van der Waals surface area contributed by atoms with Crippen LogP contribution >= 0.6 is 0 Å². The number of benzene rings is 4. The molecule has 70 heavy (non-hydrogen) atoms. The van der Waals surface area contributed by atoms with Crippen molar-refractivity contribution in [3.8, 4) is 5.75 Å². The number of ether oxygens (including phenoxy) is 7. The predicted molar refractivity (Wildman–Crippen MR) is 272 cm³/mol. The van der Waals surface area contributed by atoms with E-state index in [1.807, 2.05) is 93.5 Å². The molecule has 1 aromatic heterocycles. The van der Waals surface area contributed by atoms with Gasteiger partial charge in [-0.05, 0) is 79.0 Å². The number of hydrogen-bond acceptors (Lipinski definition) is 13. The molecule has 0 aliphatic carbocycles. The van der Waals surface area contributed by atoms with Crippen LogP contribution in [0.15, 0.2) is 97.6 Å². The Bertz CT molecular complexity index is 2400. The first-order chi connectivity index (χ1) is 34.1. The van der Waals surface area contributed by atoms with E-state index < -0.39 is 0 Å². The second kappa shape index (κ2) is 30.6. The van der Waals surface area contributed by atoms with Crippen molar-refractivity contribution in [1.29, 1.82) is 0 Å². The van der Waals surface area contributed by atoms with Gasteiger partial charge in [0.25, 0.3) is 11.8 Å². The minimum Gasteiger partial charge on any atom is -0.489 e. The van der Waals surface area contributed by atoms with Crippen LogP contribution in [-0.2, 0) is 57.6 Å². The molecule has 0 fully saturated rings. The Morgan fingerprint density at radius 1 is 0.686 bits per heavy atom. The number of carbonyl (C=O) groups is 4. The largest absolute Gasteiger partial charge is 0.489 e. The molecule has 0 radical (unpaired) electrons. The highest BCUT2D eigenvalue weighted by Gasteiger charge is 2.21. The summed E-state index contributed by atoms with van der Waals surface area (Å²) in [5.74, 6) is 0.364. The molecule has 5 rings (SSSR count). The van der Waals surface area contributed by atoms with Crippen molar-refractivity contribution in [3.63, 3.8) is 0 Å². The lowest BCUT2D eigenvalue weighted by Gasteiger charge is -2.31. The predicted octanol–water partition coefficient (Wildman–Crippen LogP) is 6.16. The maximum Gasteiger partial charge on any atom is 0.254 e. The molecule has 0 saturated heterocycles. The molecule has 4 aromatic carbocycles. The van der Waals surface area contributed by atoms with Gasteiger partial charge in [0.1, 0.15) is 18.6 Å². The van der Waals surface area contributed by atoms with Crippen LogP contribution in [0.3, 0.4) is 0 Å². The van der Waals surface area contributed by atoms with Gasteiger partial charge in [-0.3, -0.25) is 19.0 Å². The first-order valence-electron chi connectivity index (χ1n) is 24.0. The lowest BCUT2D eigenvalue weighted by Crippen LogP contribution is -2.38. The number of fused-ring (bicyclic) bond motifs is 3. The highest BCUT2D eigenvalue weighted by molar-refractivity contribution is 6.16. The number of anilines is 1. The number of amides is 2. The van der Waals surface area contributed by atoms with E-state index in [2.05, 4.69) is 28.6 Å². The number of nitrogens with zero attached hydrogens (tertiary/aromatic N) is 2. The lowest BCUT2D eigenvalue weighted by molar-refractivity contribution is -0.122. The van der Waals surface area contributed by atoms with Gasteiger partial charge in [-0.15, -0.1) is 0 Å². The van der Waals surface area contributed by atoms with Crippen LogP contribution in [0.25, 0.3) is 21.8 Å². The first kappa shape index (κ1) is 55.0. The van der Waals surface area contributed by atoms with Gasteiger partial charge in [-0.1, -0.05) is 69.0 Å². The highest BCUT2D eigenvalue weighted by atomic mass is 16.6. The molecule has 5 aromatic rings. The fourth-order valence-electron chi connectivity index (χ4n) is 7.65. The second-order valence-corrected chi connectivity index (χ2v) is 16.8. The SMILES string of the molecule is C=CC(=O)n1c2ccccc2c2cc(C(=O)NCCOCCOCCOCCOCCOCCOCCC(=O)NCc3ccc(COc4ccc(CCNC)c(N(C)C(C=O)C(C)C)c4)cc3)ccc21. The van der Waals surface area contributed by atoms with Crippen LogP contribution in [0.5, 0.6) is 5.75 Å². The molecule has 16 heteroatoms. The zero-order chi connectivity index (χ0) is 49.9. The fourth-order valence-corrected chi connectivity index (χ4v) is 7.65. The van der Waals surface area contributed by atoms with E-state index in [0.717, 1.165) is 69.2 Å². The number of para-hydroxylation sites is 1. The van der Waals surface area contributed by atoms with Gasteiger partial charge in [-0.2, -0.15) is 0 Å². The molecule has 2 amide bonds. The zero-order valence-corrected chi connectivity index (χ0v) is 41.2. The van der Waals surface area contributed by atoms with Gasteiger partial charge in [0.15, 0.2) is 0 Å². The summed E-state index contributed by atoms with van der Waals surface area (Å²) in [6, 6.07) is 26.6. The molecule has 0 bridgehead atoms. The topological polar surface area (TPSA) is 177 Å². The summed E-state index contributed by atoms with van der Waals surface area (Å²) in [4.78, 5) is 51.7. The van der Waals surface area contributed by atoms with Gasteiger partial charge in [-0.25, -0.2) is 0 Å². The van der Waals surface area contributed by atoms with Gasteiger partial charge in [0.05, 0.1) is 96.4 Å². The number of carbonyl (C=O) groups excluding carboxylic acids is 4. The fraction of sp³-hybridized carbons (Fsp3) is 0.444. The summed E-state index contributed by atoms with van der Waals surface area (Å²) in [7, 11) is 3.89. The minimum atomic E-state index is -0.236. The van der Waals surface area contributed by atoms with Gasteiger partial charge in [0.2, 0.25) is 5.91 Å². The molecule has 3 N–H and O–H groups in total. The van der Waals surface area contributed by atoms with E-state index in [-0.39, 0.29) is 36.1 Å². The lowest BCUT2D eigenvalue weighted by atomic mass is 10.0. The Morgan fingerprint density at radius 2 is 1.29 bits per heavy atom. The summed E-state index contributed by atoms with van der Waals surface area (Å²) in [5, 5.41) is 10.7. The van der Waals surface area contributed by atoms with Crippen molar-refractivity contribution in [2.24, 2.45) is 5.92 Å². The Kier molecular flexibility index (Phi) is 24.0. The van der Waals surface area contributed by atoms with Crippen LogP contribution in [0.4, 0.5) is 5.69 Å². The number of nitrogens with one attached hydrogen (secondary N) is 3. The quantitative estimate of drug-likeness (QED) is 0.0240. The molecule has 16 nitrogen and oxygen atoms in total. The summed E-state index contributed by atoms with van der Waals surface area (Å²) in [5.41, 5.74) is 6.11. The van der Waals surface area contributed by atoms with Crippen LogP contribution in [0.2, 0.25) is 0 Å². The number of rotatable bonds is 35. The number of aldehydes is 1. The van der Waals surface area contributed by atoms with Crippen molar-refractivity contribution in [1.82, 2.24) is 20.5 Å². The van der Waals surface area contributed by atoms with Crippen LogP contribution in [-0.4, -0.2) is 141 Å². The number of hydrogen-bond donors (Lipinski definition) is 3. The van der Waals surface area contributed by atoms with Crippen LogP contribution in [0, 0.1) is 5.92 Å². The number of aromatic nitrogens is 1. The first-order valence-corrected chi connectivity index (χ1v) is 24.0. The third kappa shape index (κ3) is 17.5. The molecular formula is C54H71N5O11. The van der Waals surface area contributed by atoms with Gasteiger partial charge < -0.3 is 58.8 Å². The molecule has 0 spiro atoms. The average Bonchev–Trinajstić information content (AvgIpc) is 3.71. The number of likely N-dealkylation sites (N-methyl/N-ethyl adjacent to an activating group) is 2. The van der Waals surface area contributed by atoms with Crippen molar-refractivity contribution in [2.45, 2.75) is 45.9 Å². The van der Waals surface area contributed by atoms with E-state index in [0.29, 0.717) is 105 Å². The Labute approximate surface area is 411 Å². The van der Waals surface area contributed by atoms with E-state index in [1.165, 1.54) is 6.08 Å². The van der Waals surface area contributed by atoms with Crippen molar-refractivity contribution in [3.05, 3.63) is 120 Å². The molecule has 0 saturated carbocycles. The molecule has 0 aliphatic rings. The standard InChI is InChI=1S/C54H71N5O11/c1-6-53(62)59-48-10-8-7-9-46(48)47-35-44(16-18-49(47)59)54(63)56-22-24-65-26-28-67-30-32-69-34-33-68-31-29-66-27-25-64-23-20-52(61)57-37-41-11-13-42(14-12-41)39-70-45-17-15-43(19-21-55-4)50(36-45)58(5)51(38-60)40(2)3/h6-18,35-36,38,40,51,55H,1,19-34,37,39H2,2-5H3,(H,56,63)(H,57,61). The van der Waals surface area contributed by atoms with Crippen LogP contribution < -0.4 is 25.6 Å². The average molecular weight is 966 g/mol. The number of allylic oxidation sites excluding steroid dienone is 1. The third-order valence-electron chi connectivity index (χ3n) is 11.5. The Morgan fingerprint density at radius 3 is 1.90 bits per heavy atom. The summed E-state index contributed by atoms with van der Waals surface area (Å²) < 4.78 is 41.1. The smallest absolute Gasteiger partial charge is 0.254 e. The molecule has 0 aliphatic heterocycles. The molecule has 1 heterocycles. The van der Waals surface area contributed by atoms with Gasteiger partial charge in [0, 0.05) is 54.6 Å². The summed E-state index contributed by atoms with van der Waals surface area (Å²) in [6.07, 6.45) is 3.38. The summed E-state index contributed by atoms with van der Waals surface area (Å²) >= 11 is 0. The van der Waals surface area contributed by atoms with Crippen LogP contribution in [0.1, 0.15) is 52.1 Å². The maximum absolute atomic E-state index is 12.8. The molecular weight excluding hydrogens is 895 g/mol. The van der Waals surface area contributed by atoms with E-state index >= 15 is 0 Å². The molecule has 1 atom stereocenters. The van der Waals surface area contributed by atoms with Crippen molar-refractivity contribution < 1.29 is 52.3 Å². The normalized spacial score (nSPS) is 11.8. The molecule has 1 unspecified atom stereocenters. The van der Waals surface area contributed by atoms with Gasteiger partial charge >= 0.3 is 0 Å². The Hall–Kier alpha value is -5.98. The monoisotopic (exact) mass is 966 g/mol. The molecule has 378 valence electrons. The third-order valence-corrected chi connectivity index (χ3v) is 11.5. The van der Waals surface area contributed by atoms with Crippen molar-refractivity contribution in [2.75, 3.05) is 111 Å². The van der Waals surface area contributed by atoms with Crippen molar-refractivity contribution >= 4 is 51.5 Å². The van der Waals surface area contributed by atoms with E-state index in [4.69, 9.17) is 33.2 Å². The summed E-state index contributed by atoms with van der Waals surface area (Å²) in [6.45, 7) is 14.5. The second-order valence-electron chi connectivity index (χ2n) is 16.8. The minimum absolute atomic E-state index is 0.0913. The van der Waals surface area contributed by atoms with E-state index in [9.17, 15) is 19.2 Å². The maximum atomic E-state index is 12.8. The van der Waals surface area contributed by atoms with E-state index in [1.54, 1.807) is 22.8 Å². The highest BCUT2D eigenvalue weighted by Crippen LogP contribution is 2.31. The Balaban J connectivity index is 0.798.